The number of para-hydroxylation sites is 1. The molecule has 0 aromatic heterocycles. The van der Waals surface area contributed by atoms with Gasteiger partial charge in [0.2, 0.25) is 0 Å². The maximum atomic E-state index is 13.0. The lowest BCUT2D eigenvalue weighted by atomic mass is 9.49. The Kier molecular flexibility index (Phi) is 5.43. The Hall–Kier alpha value is -2.82. The summed E-state index contributed by atoms with van der Waals surface area (Å²) in [6, 6.07) is 16.0. The molecule has 4 saturated carbocycles. The minimum absolute atomic E-state index is 0.0833. The van der Waals surface area contributed by atoms with Gasteiger partial charge in [-0.05, 0) is 92.7 Å². The molecule has 0 atom stereocenters. The molecule has 0 N–H and O–H groups in total. The van der Waals surface area contributed by atoms with Gasteiger partial charge in [0, 0.05) is 0 Å². The summed E-state index contributed by atoms with van der Waals surface area (Å²) < 4.78 is 16.6. The van der Waals surface area contributed by atoms with Gasteiger partial charge in [-0.1, -0.05) is 18.2 Å². The molecule has 2 aromatic carbocycles. The van der Waals surface area contributed by atoms with Gasteiger partial charge in [0.25, 0.3) is 0 Å². The first kappa shape index (κ1) is 20.1. The molecule has 0 radical (unpaired) electrons. The maximum Gasteiger partial charge on any atom is 0.338 e. The van der Waals surface area contributed by atoms with Crippen LogP contribution in [0.4, 0.5) is 0 Å². The second-order valence-corrected chi connectivity index (χ2v) is 9.41. The van der Waals surface area contributed by atoms with Crippen LogP contribution in [-0.4, -0.2) is 25.2 Å². The van der Waals surface area contributed by atoms with Crippen molar-refractivity contribution in [1.29, 1.82) is 0 Å². The second-order valence-electron chi connectivity index (χ2n) is 9.41. The largest absolute Gasteiger partial charge is 0.490 e. The number of ether oxygens (including phenoxy) is 3. The fourth-order valence-corrected chi connectivity index (χ4v) is 6.13. The van der Waals surface area contributed by atoms with Crippen LogP contribution < -0.4 is 9.47 Å². The normalized spacial score (nSPS) is 28.2. The summed E-state index contributed by atoms with van der Waals surface area (Å²) in [5.41, 5.74) is 0.139. The van der Waals surface area contributed by atoms with E-state index in [1.54, 1.807) is 24.3 Å². The van der Waals surface area contributed by atoms with Crippen LogP contribution in [0.25, 0.3) is 0 Å². The van der Waals surface area contributed by atoms with E-state index in [1.807, 2.05) is 30.3 Å². The number of rotatable bonds is 7. The maximum absolute atomic E-state index is 13.0. The Bertz CT molecular complexity index is 899. The number of carbonyl (C=O) groups is 2. The molecule has 0 amide bonds. The molecule has 2 aromatic rings. The third-order valence-electron chi connectivity index (χ3n) is 7.10. The highest BCUT2D eigenvalue weighted by Crippen LogP contribution is 2.60. The SMILES string of the molecule is O=C(OCCOc1ccccc1)c1ccc(OC(=O)C23CC4CC(CC(C4)C2)C3)cc1. The summed E-state index contributed by atoms with van der Waals surface area (Å²) in [7, 11) is 0. The number of benzene rings is 2. The molecule has 0 aliphatic heterocycles. The van der Waals surface area contributed by atoms with E-state index in [9.17, 15) is 9.59 Å². The minimum atomic E-state index is -0.421. The molecular formula is C26H28O5. The third kappa shape index (κ3) is 4.32. The van der Waals surface area contributed by atoms with E-state index in [1.165, 1.54) is 19.3 Å². The van der Waals surface area contributed by atoms with Gasteiger partial charge in [-0.2, -0.15) is 0 Å². The highest BCUT2D eigenvalue weighted by atomic mass is 16.6. The summed E-state index contributed by atoms with van der Waals surface area (Å²) in [6.07, 6.45) is 6.81. The number of hydrogen-bond acceptors (Lipinski definition) is 5. The van der Waals surface area contributed by atoms with E-state index < -0.39 is 5.97 Å². The van der Waals surface area contributed by atoms with Crippen LogP contribution in [0.2, 0.25) is 0 Å². The molecule has 4 bridgehead atoms. The molecule has 4 aliphatic rings. The van der Waals surface area contributed by atoms with Crippen LogP contribution in [-0.2, 0) is 9.53 Å². The van der Waals surface area contributed by atoms with Crippen molar-refractivity contribution in [2.45, 2.75) is 38.5 Å². The third-order valence-corrected chi connectivity index (χ3v) is 7.10. The first-order valence-corrected chi connectivity index (χ1v) is 11.3. The van der Waals surface area contributed by atoms with Gasteiger partial charge < -0.3 is 14.2 Å². The quantitative estimate of drug-likeness (QED) is 0.357. The summed E-state index contributed by atoms with van der Waals surface area (Å²) in [6.45, 7) is 0.451. The van der Waals surface area contributed by atoms with Crippen molar-refractivity contribution < 1.29 is 23.8 Å². The van der Waals surface area contributed by atoms with Crippen LogP contribution >= 0.6 is 0 Å². The molecule has 0 saturated heterocycles. The molecule has 0 heterocycles. The van der Waals surface area contributed by atoms with Crippen LogP contribution in [0.1, 0.15) is 48.9 Å². The zero-order valence-corrected chi connectivity index (χ0v) is 17.6. The van der Waals surface area contributed by atoms with E-state index in [0.29, 0.717) is 29.1 Å². The minimum Gasteiger partial charge on any atom is -0.490 e. The van der Waals surface area contributed by atoms with Gasteiger partial charge in [0.1, 0.15) is 24.7 Å². The van der Waals surface area contributed by atoms with E-state index in [4.69, 9.17) is 14.2 Å². The van der Waals surface area contributed by atoms with E-state index >= 15 is 0 Å². The number of esters is 2. The van der Waals surface area contributed by atoms with Gasteiger partial charge in [0.15, 0.2) is 0 Å². The fourth-order valence-electron chi connectivity index (χ4n) is 6.13. The fraction of sp³-hybridized carbons (Fsp3) is 0.462. The molecule has 0 unspecified atom stereocenters. The molecule has 6 rings (SSSR count). The van der Waals surface area contributed by atoms with Crippen LogP contribution in [0, 0.1) is 23.2 Å². The van der Waals surface area contributed by atoms with E-state index in [-0.39, 0.29) is 24.6 Å². The lowest BCUT2D eigenvalue weighted by molar-refractivity contribution is -0.161. The predicted octanol–water partition coefficient (Wildman–Crippen LogP) is 5.04. The summed E-state index contributed by atoms with van der Waals surface area (Å²) in [5, 5.41) is 0. The first-order valence-electron chi connectivity index (χ1n) is 11.3. The van der Waals surface area contributed by atoms with Gasteiger partial charge in [-0.15, -0.1) is 0 Å². The highest BCUT2D eigenvalue weighted by molar-refractivity contribution is 5.89. The zero-order chi connectivity index (χ0) is 21.3. The predicted molar refractivity (Wildman–Crippen MR) is 115 cm³/mol. The molecule has 31 heavy (non-hydrogen) atoms. The van der Waals surface area contributed by atoms with Crippen molar-refractivity contribution in [3.63, 3.8) is 0 Å². The van der Waals surface area contributed by atoms with E-state index in [2.05, 4.69) is 0 Å². The van der Waals surface area contributed by atoms with Crippen LogP contribution in [0.3, 0.4) is 0 Å². The monoisotopic (exact) mass is 420 g/mol. The zero-order valence-electron chi connectivity index (χ0n) is 17.6. The van der Waals surface area contributed by atoms with Crippen molar-refractivity contribution in [1.82, 2.24) is 0 Å². The summed E-state index contributed by atoms with van der Waals surface area (Å²) in [5.74, 6) is 2.81. The smallest absolute Gasteiger partial charge is 0.338 e. The Balaban J connectivity index is 1.12. The molecule has 4 aliphatic carbocycles. The molecule has 4 fully saturated rings. The van der Waals surface area contributed by atoms with Crippen molar-refractivity contribution in [2.75, 3.05) is 13.2 Å². The topological polar surface area (TPSA) is 61.8 Å². The molecule has 162 valence electrons. The van der Waals surface area contributed by atoms with Gasteiger partial charge in [-0.25, -0.2) is 4.79 Å². The number of hydrogen-bond donors (Lipinski definition) is 0. The molecular weight excluding hydrogens is 392 g/mol. The van der Waals surface area contributed by atoms with Crippen molar-refractivity contribution in [2.24, 2.45) is 23.2 Å². The average molecular weight is 421 g/mol. The molecule has 5 nitrogen and oxygen atoms in total. The van der Waals surface area contributed by atoms with E-state index in [0.717, 1.165) is 25.0 Å². The average Bonchev–Trinajstić information content (AvgIpc) is 2.77. The van der Waals surface area contributed by atoms with Gasteiger partial charge in [0.05, 0.1) is 11.0 Å². The summed E-state index contributed by atoms with van der Waals surface area (Å²) >= 11 is 0. The van der Waals surface area contributed by atoms with Crippen molar-refractivity contribution in [3.8, 4) is 11.5 Å². The Labute approximate surface area is 182 Å². The summed E-state index contributed by atoms with van der Waals surface area (Å²) in [4.78, 5) is 25.3. The standard InChI is InChI=1S/C26H28O5/c27-24(30-11-10-29-22-4-2-1-3-5-22)21-6-8-23(9-7-21)31-25(28)26-15-18-12-19(16-26)14-20(13-18)17-26/h1-9,18-20H,10-17H2. The van der Waals surface area contributed by atoms with Crippen LogP contribution in [0.15, 0.2) is 54.6 Å². The molecule has 0 spiro atoms. The Morgan fingerprint density at radius 1 is 0.774 bits per heavy atom. The first-order chi connectivity index (χ1) is 15.1. The van der Waals surface area contributed by atoms with Crippen molar-refractivity contribution in [3.05, 3.63) is 60.2 Å². The Morgan fingerprint density at radius 2 is 1.39 bits per heavy atom. The highest BCUT2D eigenvalue weighted by Gasteiger charge is 2.55. The van der Waals surface area contributed by atoms with Crippen LogP contribution in [0.5, 0.6) is 11.5 Å². The Morgan fingerprint density at radius 3 is 2.00 bits per heavy atom. The lowest BCUT2D eigenvalue weighted by Gasteiger charge is -2.55. The van der Waals surface area contributed by atoms with Gasteiger partial charge >= 0.3 is 11.9 Å². The van der Waals surface area contributed by atoms with Gasteiger partial charge in [-0.3, -0.25) is 4.79 Å². The lowest BCUT2D eigenvalue weighted by Crippen LogP contribution is -2.51. The molecule has 5 heteroatoms. The second kappa shape index (κ2) is 8.37. The van der Waals surface area contributed by atoms with Crippen molar-refractivity contribution >= 4 is 11.9 Å². The number of carbonyl (C=O) groups excluding carboxylic acids is 2.